The molecule has 0 aliphatic heterocycles. The second-order valence-electron chi connectivity index (χ2n) is 12.7. The van der Waals surface area contributed by atoms with E-state index in [4.69, 9.17) is 4.42 Å². The van der Waals surface area contributed by atoms with Gasteiger partial charge in [-0.1, -0.05) is 152 Å². The molecule has 226 valence electrons. The van der Waals surface area contributed by atoms with Crippen LogP contribution in [0.1, 0.15) is 5.56 Å². The lowest BCUT2D eigenvalue weighted by Crippen LogP contribution is -1.90. The Labute approximate surface area is 282 Å². The Morgan fingerprint density at radius 2 is 0.837 bits per heavy atom. The Morgan fingerprint density at radius 3 is 1.39 bits per heavy atom. The molecule has 2 nitrogen and oxygen atoms in total. The highest BCUT2D eigenvalue weighted by Gasteiger charge is 2.21. The number of nitrogens with zero attached hydrogens (tertiary/aromatic N) is 1. The van der Waals surface area contributed by atoms with E-state index >= 15 is 0 Å². The van der Waals surface area contributed by atoms with Crippen molar-refractivity contribution in [2.45, 2.75) is 0 Å². The van der Waals surface area contributed by atoms with Crippen molar-refractivity contribution >= 4 is 65.0 Å². The van der Waals surface area contributed by atoms with E-state index in [0.717, 1.165) is 60.2 Å². The SMILES string of the molecule is N#Cc1c2ccccc2c(-c2cccc3c2oc2ccc(-c4c5ccccc5c(-c5ccccc5)c5ccccc45)cc23)c2ccccc12. The van der Waals surface area contributed by atoms with Crippen LogP contribution >= 0.6 is 0 Å². The summed E-state index contributed by atoms with van der Waals surface area (Å²) in [4.78, 5) is 0. The zero-order valence-corrected chi connectivity index (χ0v) is 26.4. The maximum atomic E-state index is 10.2. The van der Waals surface area contributed by atoms with Crippen molar-refractivity contribution in [3.63, 3.8) is 0 Å². The van der Waals surface area contributed by atoms with Gasteiger partial charge < -0.3 is 4.42 Å². The number of hydrogen-bond acceptors (Lipinski definition) is 2. The van der Waals surface area contributed by atoms with Crippen molar-refractivity contribution < 1.29 is 4.42 Å². The van der Waals surface area contributed by atoms with Crippen LogP contribution in [-0.2, 0) is 0 Å². The average molecular weight is 622 g/mol. The summed E-state index contributed by atoms with van der Waals surface area (Å²) in [6, 6.07) is 60.2. The molecule has 9 aromatic carbocycles. The molecule has 0 fully saturated rings. The van der Waals surface area contributed by atoms with Gasteiger partial charge in [-0.05, 0) is 66.7 Å². The molecule has 0 spiro atoms. The molecular formula is C47H27NO. The molecule has 0 saturated heterocycles. The van der Waals surface area contributed by atoms with Gasteiger partial charge in [0.05, 0.1) is 5.56 Å². The summed E-state index contributed by atoms with van der Waals surface area (Å²) in [5.41, 5.74) is 9.37. The zero-order valence-electron chi connectivity index (χ0n) is 26.4. The molecule has 0 bridgehead atoms. The van der Waals surface area contributed by atoms with E-state index in [1.54, 1.807) is 0 Å². The normalized spacial score (nSPS) is 11.7. The van der Waals surface area contributed by atoms with Gasteiger partial charge in [0.1, 0.15) is 17.2 Å². The highest BCUT2D eigenvalue weighted by Crippen LogP contribution is 2.47. The summed E-state index contributed by atoms with van der Waals surface area (Å²) in [7, 11) is 0. The first-order valence-electron chi connectivity index (χ1n) is 16.6. The van der Waals surface area contributed by atoms with Gasteiger partial charge in [-0.2, -0.15) is 5.26 Å². The minimum atomic E-state index is 0.703. The smallest absolute Gasteiger partial charge is 0.143 e. The van der Waals surface area contributed by atoms with Crippen LogP contribution in [0.15, 0.2) is 168 Å². The van der Waals surface area contributed by atoms with Crippen LogP contribution in [-0.4, -0.2) is 0 Å². The summed E-state index contributed by atoms with van der Waals surface area (Å²) < 4.78 is 6.77. The van der Waals surface area contributed by atoms with Crippen molar-refractivity contribution in [3.05, 3.63) is 169 Å². The van der Waals surface area contributed by atoms with Gasteiger partial charge >= 0.3 is 0 Å². The predicted molar refractivity (Wildman–Crippen MR) is 205 cm³/mol. The molecule has 1 heterocycles. The number of nitriles is 1. The van der Waals surface area contributed by atoms with Gasteiger partial charge in [0.15, 0.2) is 0 Å². The molecule has 10 rings (SSSR count). The molecule has 0 aliphatic rings. The molecule has 0 saturated carbocycles. The summed E-state index contributed by atoms with van der Waals surface area (Å²) >= 11 is 0. The van der Waals surface area contributed by atoms with Crippen LogP contribution in [0.25, 0.3) is 98.4 Å². The van der Waals surface area contributed by atoms with Crippen molar-refractivity contribution in [1.29, 1.82) is 5.26 Å². The fraction of sp³-hybridized carbons (Fsp3) is 0. The van der Waals surface area contributed by atoms with Crippen molar-refractivity contribution in [3.8, 4) is 39.4 Å². The van der Waals surface area contributed by atoms with Crippen LogP contribution < -0.4 is 0 Å². The fourth-order valence-electron chi connectivity index (χ4n) is 8.05. The van der Waals surface area contributed by atoms with E-state index in [1.807, 2.05) is 36.4 Å². The lowest BCUT2D eigenvalue weighted by atomic mass is 9.85. The minimum absolute atomic E-state index is 0.703. The molecule has 2 heteroatoms. The van der Waals surface area contributed by atoms with E-state index in [1.165, 1.54) is 38.2 Å². The molecule has 1 aromatic heterocycles. The number of para-hydroxylation sites is 1. The third kappa shape index (κ3) is 4.00. The van der Waals surface area contributed by atoms with Gasteiger partial charge in [0, 0.05) is 32.7 Å². The van der Waals surface area contributed by atoms with E-state index in [0.29, 0.717) is 5.56 Å². The third-order valence-corrected chi connectivity index (χ3v) is 10.1. The van der Waals surface area contributed by atoms with Crippen LogP contribution in [0, 0.1) is 11.3 Å². The summed E-state index contributed by atoms with van der Waals surface area (Å²) in [5, 5.41) is 21.3. The molecule has 0 amide bonds. The lowest BCUT2D eigenvalue weighted by Gasteiger charge is -2.17. The van der Waals surface area contributed by atoms with Crippen LogP contribution in [0.2, 0.25) is 0 Å². The van der Waals surface area contributed by atoms with Gasteiger partial charge in [-0.15, -0.1) is 0 Å². The van der Waals surface area contributed by atoms with Crippen LogP contribution in [0.4, 0.5) is 0 Å². The molecular weight excluding hydrogens is 595 g/mol. The van der Waals surface area contributed by atoms with Gasteiger partial charge in [-0.25, -0.2) is 0 Å². The maximum Gasteiger partial charge on any atom is 0.143 e. The Kier molecular flexibility index (Phi) is 5.97. The van der Waals surface area contributed by atoms with E-state index < -0.39 is 0 Å². The van der Waals surface area contributed by atoms with E-state index in [-0.39, 0.29) is 0 Å². The van der Waals surface area contributed by atoms with Crippen LogP contribution in [0.3, 0.4) is 0 Å². The molecule has 0 radical (unpaired) electrons. The standard InChI is InChI=1S/C47H27NO/c48-28-42-31-15-4-6-17-33(31)46(34-18-7-5-16-32(34)42)40-24-12-23-39-41-27-30(25-26-43(41)49-47(39)40)45-37-21-10-8-19-35(37)44(29-13-2-1-3-14-29)36-20-9-11-22-38(36)45/h1-27H. The maximum absolute atomic E-state index is 10.2. The summed E-state index contributed by atoms with van der Waals surface area (Å²) in [6.45, 7) is 0. The Hall–Kier alpha value is -6.69. The number of furan rings is 1. The summed E-state index contributed by atoms with van der Waals surface area (Å²) in [6.07, 6.45) is 0. The fourth-order valence-corrected chi connectivity index (χ4v) is 8.05. The molecule has 0 aliphatic carbocycles. The zero-order chi connectivity index (χ0) is 32.5. The quantitative estimate of drug-likeness (QED) is 0.184. The Balaban J connectivity index is 1.26. The Bertz CT molecular complexity index is 2880. The van der Waals surface area contributed by atoms with Crippen molar-refractivity contribution in [1.82, 2.24) is 0 Å². The average Bonchev–Trinajstić information content (AvgIpc) is 3.54. The first kappa shape index (κ1) is 27.4. The third-order valence-electron chi connectivity index (χ3n) is 10.1. The Morgan fingerprint density at radius 1 is 0.367 bits per heavy atom. The van der Waals surface area contributed by atoms with E-state index in [2.05, 4.69) is 133 Å². The largest absolute Gasteiger partial charge is 0.455 e. The van der Waals surface area contributed by atoms with Gasteiger partial charge in [0.25, 0.3) is 0 Å². The topological polar surface area (TPSA) is 36.9 Å². The molecule has 49 heavy (non-hydrogen) atoms. The van der Waals surface area contributed by atoms with Crippen LogP contribution in [0.5, 0.6) is 0 Å². The molecule has 0 N–H and O–H groups in total. The minimum Gasteiger partial charge on any atom is -0.455 e. The highest BCUT2D eigenvalue weighted by atomic mass is 16.3. The second kappa shape index (κ2) is 10.7. The van der Waals surface area contributed by atoms with Gasteiger partial charge in [0.2, 0.25) is 0 Å². The van der Waals surface area contributed by atoms with Crippen molar-refractivity contribution in [2.24, 2.45) is 0 Å². The number of fused-ring (bicyclic) bond motifs is 7. The number of benzene rings is 9. The number of hydrogen-bond donors (Lipinski definition) is 0. The monoisotopic (exact) mass is 621 g/mol. The van der Waals surface area contributed by atoms with Gasteiger partial charge in [-0.3, -0.25) is 0 Å². The molecule has 10 aromatic rings. The van der Waals surface area contributed by atoms with E-state index in [9.17, 15) is 5.26 Å². The number of rotatable bonds is 3. The highest BCUT2D eigenvalue weighted by molar-refractivity contribution is 6.23. The second-order valence-corrected chi connectivity index (χ2v) is 12.7. The summed E-state index contributed by atoms with van der Waals surface area (Å²) in [5.74, 6) is 0. The van der Waals surface area contributed by atoms with Crippen molar-refractivity contribution in [2.75, 3.05) is 0 Å². The predicted octanol–water partition coefficient (Wildman–Crippen LogP) is 13.1. The first-order valence-corrected chi connectivity index (χ1v) is 16.6. The molecule has 0 unspecified atom stereocenters. The first-order chi connectivity index (χ1) is 24.3. The lowest BCUT2D eigenvalue weighted by molar-refractivity contribution is 0.670. The molecule has 0 atom stereocenters.